The normalized spacial score (nSPS) is 15.9. The molecule has 1 saturated heterocycles. The molecule has 0 unspecified atom stereocenters. The number of ketones is 1. The van der Waals surface area contributed by atoms with E-state index < -0.39 is 22.5 Å². The van der Waals surface area contributed by atoms with Gasteiger partial charge in [-0.1, -0.05) is 6.07 Å². The second-order valence-electron chi connectivity index (χ2n) is 6.91. The molecule has 2 aromatic carbocycles. The number of carbonyl (C=O) groups is 3. The zero-order chi connectivity index (χ0) is 20.0. The summed E-state index contributed by atoms with van der Waals surface area (Å²) in [5.74, 6) is -1.32. The van der Waals surface area contributed by atoms with E-state index in [1.54, 1.807) is 12.1 Å². The molecule has 1 fully saturated rings. The van der Waals surface area contributed by atoms with Gasteiger partial charge in [0.2, 0.25) is 0 Å². The summed E-state index contributed by atoms with van der Waals surface area (Å²) in [6.07, 6.45) is 1.96. The van der Waals surface area contributed by atoms with E-state index in [1.807, 2.05) is 4.90 Å². The van der Waals surface area contributed by atoms with Crippen molar-refractivity contribution in [1.82, 2.24) is 4.90 Å². The highest BCUT2D eigenvalue weighted by Crippen LogP contribution is 2.32. The van der Waals surface area contributed by atoms with Gasteiger partial charge in [0.15, 0.2) is 5.78 Å². The summed E-state index contributed by atoms with van der Waals surface area (Å²) >= 11 is 0. The molecule has 0 saturated carbocycles. The Kier molecular flexibility index (Phi) is 4.18. The summed E-state index contributed by atoms with van der Waals surface area (Å²) in [6.45, 7) is 1.51. The minimum atomic E-state index is -0.482. The van der Waals surface area contributed by atoms with Gasteiger partial charge >= 0.3 is 0 Å². The number of rotatable bonds is 4. The van der Waals surface area contributed by atoms with Crippen molar-refractivity contribution in [1.29, 1.82) is 0 Å². The van der Waals surface area contributed by atoms with Gasteiger partial charge in [0, 0.05) is 37.3 Å². The quantitative estimate of drug-likeness (QED) is 0.350. The maximum Gasteiger partial charge on any atom is 0.293 e. The van der Waals surface area contributed by atoms with Gasteiger partial charge in [0.1, 0.15) is 5.69 Å². The zero-order valence-electron chi connectivity index (χ0n) is 15.2. The molecular formula is C20H17N3O5. The van der Waals surface area contributed by atoms with Gasteiger partial charge in [-0.05, 0) is 37.1 Å². The summed E-state index contributed by atoms with van der Waals surface area (Å²) in [5, 5.41) is 11.5. The van der Waals surface area contributed by atoms with Crippen LogP contribution in [0.5, 0.6) is 0 Å². The maximum absolute atomic E-state index is 12.9. The van der Waals surface area contributed by atoms with Crippen LogP contribution in [0.2, 0.25) is 0 Å². The van der Waals surface area contributed by atoms with Crippen LogP contribution in [0.4, 0.5) is 11.4 Å². The first-order valence-electron chi connectivity index (χ1n) is 8.93. The van der Waals surface area contributed by atoms with Crippen molar-refractivity contribution in [2.24, 2.45) is 0 Å². The third kappa shape index (κ3) is 2.74. The fourth-order valence-corrected chi connectivity index (χ4v) is 3.71. The molecule has 2 aromatic rings. The van der Waals surface area contributed by atoms with Crippen molar-refractivity contribution in [2.75, 3.05) is 25.0 Å². The van der Waals surface area contributed by atoms with Crippen molar-refractivity contribution < 1.29 is 19.3 Å². The maximum atomic E-state index is 12.9. The third-order valence-corrected chi connectivity index (χ3v) is 5.23. The summed E-state index contributed by atoms with van der Waals surface area (Å²) in [5.41, 5.74) is 1.19. The average molecular weight is 379 g/mol. The Morgan fingerprint density at radius 1 is 0.964 bits per heavy atom. The molecule has 2 heterocycles. The van der Waals surface area contributed by atoms with Crippen molar-refractivity contribution in [2.45, 2.75) is 12.8 Å². The number of anilines is 1. The molecule has 28 heavy (non-hydrogen) atoms. The number of fused-ring (bicyclic) bond motifs is 1. The summed E-state index contributed by atoms with van der Waals surface area (Å²) in [4.78, 5) is 51.0. The SMILES string of the molecule is CN1C(=O)c2ccc(C(=O)c3ccc(N4CCCC4)c([N+](=O)[O-])c3)cc2C1=O. The lowest BCUT2D eigenvalue weighted by Crippen LogP contribution is -2.24. The van der Waals surface area contributed by atoms with Gasteiger partial charge in [-0.25, -0.2) is 0 Å². The fourth-order valence-electron chi connectivity index (χ4n) is 3.71. The second-order valence-corrected chi connectivity index (χ2v) is 6.91. The Balaban J connectivity index is 1.71. The van der Waals surface area contributed by atoms with E-state index in [9.17, 15) is 24.5 Å². The molecule has 0 aliphatic carbocycles. The number of carbonyl (C=O) groups excluding carboxylic acids is 3. The molecular weight excluding hydrogens is 362 g/mol. The molecule has 8 nitrogen and oxygen atoms in total. The molecule has 2 amide bonds. The van der Waals surface area contributed by atoms with E-state index in [4.69, 9.17) is 0 Å². The van der Waals surface area contributed by atoms with Crippen LogP contribution in [0.15, 0.2) is 36.4 Å². The number of benzene rings is 2. The highest BCUT2D eigenvalue weighted by molar-refractivity contribution is 6.22. The van der Waals surface area contributed by atoms with E-state index in [0.29, 0.717) is 5.69 Å². The van der Waals surface area contributed by atoms with Crippen LogP contribution in [-0.4, -0.2) is 47.6 Å². The summed E-state index contributed by atoms with van der Waals surface area (Å²) in [6, 6.07) is 8.73. The first kappa shape index (κ1) is 17.8. The van der Waals surface area contributed by atoms with Crippen LogP contribution in [0, 0.1) is 10.1 Å². The molecule has 4 rings (SSSR count). The fraction of sp³-hybridized carbons (Fsp3) is 0.250. The topological polar surface area (TPSA) is 101 Å². The Morgan fingerprint density at radius 3 is 2.25 bits per heavy atom. The first-order valence-corrected chi connectivity index (χ1v) is 8.93. The highest BCUT2D eigenvalue weighted by Gasteiger charge is 2.33. The molecule has 2 aliphatic rings. The summed E-state index contributed by atoms with van der Waals surface area (Å²) in [7, 11) is 1.38. The van der Waals surface area contributed by atoms with Gasteiger partial charge in [0.25, 0.3) is 17.5 Å². The smallest absolute Gasteiger partial charge is 0.293 e. The molecule has 0 bridgehead atoms. The molecule has 0 spiro atoms. The standard InChI is InChI=1S/C20H17N3O5/c1-21-19(25)14-6-4-12(10-15(14)20(21)26)18(24)13-5-7-16(17(11-13)23(27)28)22-8-2-3-9-22/h4-7,10-11H,2-3,8-9H2,1H3. The van der Waals surface area contributed by atoms with Gasteiger partial charge in [-0.15, -0.1) is 0 Å². The minimum Gasteiger partial charge on any atom is -0.366 e. The van der Waals surface area contributed by atoms with Gasteiger partial charge in [-0.3, -0.25) is 29.4 Å². The van der Waals surface area contributed by atoms with E-state index in [1.165, 1.54) is 31.3 Å². The van der Waals surface area contributed by atoms with Crippen LogP contribution >= 0.6 is 0 Å². The second kappa shape index (κ2) is 6.56. The van der Waals surface area contributed by atoms with E-state index in [-0.39, 0.29) is 27.9 Å². The van der Waals surface area contributed by atoms with Crippen LogP contribution in [-0.2, 0) is 0 Å². The van der Waals surface area contributed by atoms with E-state index in [0.717, 1.165) is 30.8 Å². The number of hydrogen-bond acceptors (Lipinski definition) is 6. The number of amides is 2. The molecule has 8 heteroatoms. The molecule has 0 atom stereocenters. The Bertz CT molecular complexity index is 1040. The number of nitro groups is 1. The Morgan fingerprint density at radius 2 is 1.57 bits per heavy atom. The van der Waals surface area contributed by atoms with Crippen molar-refractivity contribution in [3.05, 3.63) is 68.8 Å². The third-order valence-electron chi connectivity index (χ3n) is 5.23. The highest BCUT2D eigenvalue weighted by atomic mass is 16.6. The molecule has 0 N–H and O–H groups in total. The number of imide groups is 1. The van der Waals surface area contributed by atoms with E-state index in [2.05, 4.69) is 0 Å². The molecule has 142 valence electrons. The van der Waals surface area contributed by atoms with Gasteiger partial charge in [0.05, 0.1) is 16.1 Å². The lowest BCUT2D eigenvalue weighted by Gasteiger charge is -2.17. The monoisotopic (exact) mass is 379 g/mol. The average Bonchev–Trinajstić information content (AvgIpc) is 3.31. The predicted octanol–water partition coefficient (Wildman–Crippen LogP) is 2.65. The van der Waals surface area contributed by atoms with Crippen molar-refractivity contribution >= 4 is 29.0 Å². The van der Waals surface area contributed by atoms with Crippen LogP contribution in [0.1, 0.15) is 49.5 Å². The summed E-state index contributed by atoms with van der Waals surface area (Å²) < 4.78 is 0. The van der Waals surface area contributed by atoms with E-state index >= 15 is 0 Å². The first-order chi connectivity index (χ1) is 13.4. The minimum absolute atomic E-state index is 0.111. The predicted molar refractivity (Wildman–Crippen MR) is 101 cm³/mol. The lowest BCUT2D eigenvalue weighted by atomic mass is 9.98. The van der Waals surface area contributed by atoms with Gasteiger partial charge in [-0.2, -0.15) is 0 Å². The van der Waals surface area contributed by atoms with Crippen LogP contribution < -0.4 is 4.90 Å². The molecule has 2 aliphatic heterocycles. The van der Waals surface area contributed by atoms with Crippen LogP contribution in [0.3, 0.4) is 0 Å². The zero-order valence-corrected chi connectivity index (χ0v) is 15.2. The number of hydrogen-bond donors (Lipinski definition) is 0. The Hall–Kier alpha value is -3.55. The van der Waals surface area contributed by atoms with Crippen LogP contribution in [0.25, 0.3) is 0 Å². The Labute approximate surface area is 160 Å². The molecule has 0 radical (unpaired) electrons. The number of nitrogens with zero attached hydrogens (tertiary/aromatic N) is 3. The number of nitro benzene ring substituents is 1. The molecule has 0 aromatic heterocycles. The lowest BCUT2D eigenvalue weighted by molar-refractivity contribution is -0.384. The van der Waals surface area contributed by atoms with Crippen molar-refractivity contribution in [3.63, 3.8) is 0 Å². The van der Waals surface area contributed by atoms with Crippen molar-refractivity contribution in [3.8, 4) is 0 Å². The van der Waals surface area contributed by atoms with Gasteiger partial charge < -0.3 is 4.90 Å². The largest absolute Gasteiger partial charge is 0.366 e.